The smallest absolute Gasteiger partial charge is 0.225 e. The van der Waals surface area contributed by atoms with Crippen molar-refractivity contribution in [3.63, 3.8) is 0 Å². The number of amides is 2. The number of nitrogens with one attached hydrogen (secondary N) is 1. The molecule has 2 saturated heterocycles. The maximum Gasteiger partial charge on any atom is 0.225 e. The fraction of sp³-hybridized carbons (Fsp3) is 0.562. The fourth-order valence-electron chi connectivity index (χ4n) is 2.98. The van der Waals surface area contributed by atoms with Crippen LogP contribution in [-0.4, -0.2) is 47.5 Å². The van der Waals surface area contributed by atoms with Crippen LogP contribution >= 0.6 is 0 Å². The zero-order valence-electron chi connectivity index (χ0n) is 12.5. The first kappa shape index (κ1) is 15.0. The lowest BCUT2D eigenvalue weighted by molar-refractivity contribution is -0.129. The molecule has 2 aliphatic rings. The van der Waals surface area contributed by atoms with Gasteiger partial charge in [0.2, 0.25) is 11.8 Å². The molecule has 0 saturated carbocycles. The maximum absolute atomic E-state index is 12.2. The van der Waals surface area contributed by atoms with Crippen molar-refractivity contribution in [3.8, 4) is 0 Å². The van der Waals surface area contributed by atoms with E-state index in [1.807, 2.05) is 12.1 Å². The Kier molecular flexibility index (Phi) is 4.68. The average molecular weight is 303 g/mol. The highest BCUT2D eigenvalue weighted by molar-refractivity contribution is 5.89. The minimum absolute atomic E-state index is 0.0288. The molecule has 1 aromatic heterocycles. The van der Waals surface area contributed by atoms with E-state index in [1.165, 1.54) is 0 Å². The normalized spacial score (nSPS) is 24.7. The topological polar surface area (TPSA) is 71.5 Å². The first-order chi connectivity index (χ1) is 10.7. The molecule has 2 aliphatic heterocycles. The van der Waals surface area contributed by atoms with Gasteiger partial charge in [-0.25, -0.2) is 0 Å². The van der Waals surface area contributed by atoms with Crippen LogP contribution in [0.2, 0.25) is 0 Å². The molecule has 22 heavy (non-hydrogen) atoms. The van der Waals surface area contributed by atoms with Crippen molar-refractivity contribution in [1.29, 1.82) is 0 Å². The summed E-state index contributed by atoms with van der Waals surface area (Å²) in [7, 11) is 0. The summed E-state index contributed by atoms with van der Waals surface area (Å²) < 4.78 is 5.49. The molecule has 0 radical (unpaired) electrons. The molecular weight excluding hydrogens is 282 g/mol. The van der Waals surface area contributed by atoms with Gasteiger partial charge in [-0.15, -0.1) is 0 Å². The SMILES string of the molecule is O=C(NCC1CCCO1)C1CC(=O)N(Cc2cccnc2)C1. The van der Waals surface area contributed by atoms with Gasteiger partial charge in [0, 0.05) is 45.1 Å². The summed E-state index contributed by atoms with van der Waals surface area (Å²) in [5.74, 6) is -0.274. The zero-order chi connectivity index (χ0) is 15.4. The van der Waals surface area contributed by atoms with Gasteiger partial charge in [-0.05, 0) is 24.5 Å². The third-order valence-electron chi connectivity index (χ3n) is 4.21. The predicted molar refractivity (Wildman–Crippen MR) is 79.7 cm³/mol. The summed E-state index contributed by atoms with van der Waals surface area (Å²) in [6, 6.07) is 3.78. The van der Waals surface area contributed by atoms with Gasteiger partial charge in [0.05, 0.1) is 12.0 Å². The Balaban J connectivity index is 1.49. The molecule has 1 aromatic rings. The van der Waals surface area contributed by atoms with E-state index < -0.39 is 0 Å². The van der Waals surface area contributed by atoms with Gasteiger partial charge in [0.1, 0.15) is 0 Å². The second-order valence-corrected chi connectivity index (χ2v) is 5.92. The molecule has 6 nitrogen and oxygen atoms in total. The third-order valence-corrected chi connectivity index (χ3v) is 4.21. The summed E-state index contributed by atoms with van der Waals surface area (Å²) in [6.07, 6.45) is 5.93. The molecule has 2 atom stereocenters. The second-order valence-electron chi connectivity index (χ2n) is 5.92. The number of hydrogen-bond donors (Lipinski definition) is 1. The standard InChI is InChI=1S/C16H21N3O3/c20-15-7-13(16(21)18-9-14-4-2-6-22-14)11-19(15)10-12-3-1-5-17-8-12/h1,3,5,8,13-14H,2,4,6-7,9-11H2,(H,18,21). The zero-order valence-corrected chi connectivity index (χ0v) is 12.5. The molecule has 0 aliphatic carbocycles. The van der Waals surface area contributed by atoms with Crippen LogP contribution in [0.3, 0.4) is 0 Å². The van der Waals surface area contributed by atoms with Crippen LogP contribution in [0, 0.1) is 5.92 Å². The van der Waals surface area contributed by atoms with Crippen LogP contribution in [0.4, 0.5) is 0 Å². The first-order valence-electron chi connectivity index (χ1n) is 7.78. The Labute approximate surface area is 129 Å². The van der Waals surface area contributed by atoms with Crippen LogP contribution in [-0.2, 0) is 20.9 Å². The number of nitrogens with zero attached hydrogens (tertiary/aromatic N) is 2. The second kappa shape index (κ2) is 6.87. The van der Waals surface area contributed by atoms with Gasteiger partial charge in [-0.1, -0.05) is 6.07 Å². The highest BCUT2D eigenvalue weighted by Gasteiger charge is 2.34. The minimum Gasteiger partial charge on any atom is -0.376 e. The number of hydrogen-bond acceptors (Lipinski definition) is 4. The van der Waals surface area contributed by atoms with E-state index in [4.69, 9.17) is 4.74 Å². The molecular formula is C16H21N3O3. The number of ether oxygens (including phenoxy) is 1. The lowest BCUT2D eigenvalue weighted by Crippen LogP contribution is -2.37. The van der Waals surface area contributed by atoms with Crippen LogP contribution < -0.4 is 5.32 Å². The Hall–Kier alpha value is -1.95. The monoisotopic (exact) mass is 303 g/mol. The van der Waals surface area contributed by atoms with Crippen LogP contribution in [0.5, 0.6) is 0 Å². The molecule has 2 amide bonds. The van der Waals surface area contributed by atoms with Gasteiger partial charge in [-0.2, -0.15) is 0 Å². The Morgan fingerprint density at radius 1 is 1.50 bits per heavy atom. The Bertz CT molecular complexity index is 529. The molecule has 1 N–H and O–H groups in total. The number of carbonyl (C=O) groups excluding carboxylic acids is 2. The van der Waals surface area contributed by atoms with Gasteiger partial charge >= 0.3 is 0 Å². The number of likely N-dealkylation sites (tertiary alicyclic amines) is 1. The molecule has 0 bridgehead atoms. The average Bonchev–Trinajstić information content (AvgIpc) is 3.16. The molecule has 3 heterocycles. The quantitative estimate of drug-likeness (QED) is 0.870. The van der Waals surface area contributed by atoms with Crippen molar-refractivity contribution >= 4 is 11.8 Å². The molecule has 2 fully saturated rings. The van der Waals surface area contributed by atoms with Crippen molar-refractivity contribution < 1.29 is 14.3 Å². The van der Waals surface area contributed by atoms with Crippen molar-refractivity contribution in [2.45, 2.75) is 31.9 Å². The maximum atomic E-state index is 12.2. The van der Waals surface area contributed by atoms with Crippen molar-refractivity contribution in [3.05, 3.63) is 30.1 Å². The summed E-state index contributed by atoms with van der Waals surface area (Å²) in [6.45, 7) is 2.32. The lowest BCUT2D eigenvalue weighted by Gasteiger charge is -2.17. The summed E-state index contributed by atoms with van der Waals surface area (Å²) in [5.41, 5.74) is 0.983. The van der Waals surface area contributed by atoms with Gasteiger partial charge < -0.3 is 15.0 Å². The number of rotatable bonds is 5. The molecule has 118 valence electrons. The predicted octanol–water partition coefficient (Wildman–Crippen LogP) is 0.725. The summed E-state index contributed by atoms with van der Waals surface area (Å²) in [4.78, 5) is 30.0. The van der Waals surface area contributed by atoms with Crippen molar-refractivity contribution in [2.75, 3.05) is 19.7 Å². The van der Waals surface area contributed by atoms with Crippen LogP contribution in [0.1, 0.15) is 24.8 Å². The van der Waals surface area contributed by atoms with E-state index in [2.05, 4.69) is 10.3 Å². The highest BCUT2D eigenvalue weighted by Crippen LogP contribution is 2.20. The summed E-state index contributed by atoms with van der Waals surface area (Å²) in [5, 5.41) is 2.92. The largest absolute Gasteiger partial charge is 0.376 e. The van der Waals surface area contributed by atoms with Gasteiger partial charge in [0.25, 0.3) is 0 Å². The molecule has 2 unspecified atom stereocenters. The van der Waals surface area contributed by atoms with E-state index >= 15 is 0 Å². The van der Waals surface area contributed by atoms with Gasteiger partial charge in [-0.3, -0.25) is 14.6 Å². The van der Waals surface area contributed by atoms with E-state index in [0.29, 0.717) is 19.6 Å². The molecule has 0 aromatic carbocycles. The highest BCUT2D eigenvalue weighted by atomic mass is 16.5. The van der Waals surface area contributed by atoms with Crippen molar-refractivity contribution in [2.24, 2.45) is 5.92 Å². The third kappa shape index (κ3) is 3.62. The number of pyridine rings is 1. The van der Waals surface area contributed by atoms with Crippen molar-refractivity contribution in [1.82, 2.24) is 15.2 Å². The number of aromatic nitrogens is 1. The molecule has 0 spiro atoms. The first-order valence-corrected chi connectivity index (χ1v) is 7.78. The Morgan fingerprint density at radius 3 is 3.14 bits per heavy atom. The van der Waals surface area contributed by atoms with E-state index in [-0.39, 0.29) is 30.3 Å². The lowest BCUT2D eigenvalue weighted by atomic mass is 10.1. The van der Waals surface area contributed by atoms with E-state index in [9.17, 15) is 9.59 Å². The van der Waals surface area contributed by atoms with E-state index in [0.717, 1.165) is 25.0 Å². The van der Waals surface area contributed by atoms with Gasteiger partial charge in [0.15, 0.2) is 0 Å². The van der Waals surface area contributed by atoms with E-state index in [1.54, 1.807) is 17.3 Å². The Morgan fingerprint density at radius 2 is 2.41 bits per heavy atom. The fourth-order valence-corrected chi connectivity index (χ4v) is 2.98. The summed E-state index contributed by atoms with van der Waals surface area (Å²) >= 11 is 0. The molecule has 3 rings (SSSR count). The minimum atomic E-state index is -0.259. The van der Waals surface area contributed by atoms with Crippen LogP contribution in [0.15, 0.2) is 24.5 Å². The van der Waals surface area contributed by atoms with Crippen LogP contribution in [0.25, 0.3) is 0 Å². The molecule has 6 heteroatoms. The number of carbonyl (C=O) groups is 2.